The van der Waals surface area contributed by atoms with E-state index in [-0.39, 0.29) is 24.8 Å². The zero-order valence-electron chi connectivity index (χ0n) is 21.3. The molecule has 8 heteroatoms. The molecule has 36 heavy (non-hydrogen) atoms. The maximum Gasteiger partial charge on any atom is 0.309 e. The quantitative estimate of drug-likeness (QED) is 0.331. The van der Waals surface area contributed by atoms with Crippen molar-refractivity contribution in [2.75, 3.05) is 40.6 Å². The van der Waals surface area contributed by atoms with Crippen molar-refractivity contribution in [2.24, 2.45) is 0 Å². The van der Waals surface area contributed by atoms with Gasteiger partial charge in [-0.25, -0.2) is 4.39 Å². The molecule has 1 aliphatic heterocycles. The van der Waals surface area contributed by atoms with Gasteiger partial charge in [-0.05, 0) is 46.9 Å². The van der Waals surface area contributed by atoms with Crippen LogP contribution in [0.2, 0.25) is 0 Å². The average molecular weight is 503 g/mol. The number of benzene rings is 2. The third kappa shape index (κ3) is 7.29. The Kier molecular flexibility index (Phi) is 10.3. The first-order valence-electron chi connectivity index (χ1n) is 12.1. The number of methoxy groups -OCH3 is 2. The second-order valence-corrected chi connectivity index (χ2v) is 8.91. The molecule has 0 saturated carbocycles. The fourth-order valence-electron chi connectivity index (χ4n) is 4.08. The monoisotopic (exact) mass is 502 g/mol. The Labute approximate surface area is 211 Å². The minimum atomic E-state index is -0.744. The molecule has 1 heterocycles. The predicted molar refractivity (Wildman–Crippen MR) is 135 cm³/mol. The van der Waals surface area contributed by atoms with Gasteiger partial charge in [-0.15, -0.1) is 0 Å². The maximum atomic E-state index is 13.8. The van der Waals surface area contributed by atoms with Crippen LogP contribution in [-0.2, 0) is 19.0 Å². The summed E-state index contributed by atoms with van der Waals surface area (Å²) < 4.78 is 41.8. The first-order chi connectivity index (χ1) is 17.3. The largest absolute Gasteiger partial charge is 0.487 e. The number of rotatable bonds is 12. The second kappa shape index (κ2) is 13.4. The van der Waals surface area contributed by atoms with Crippen LogP contribution in [0.25, 0.3) is 17.2 Å². The highest BCUT2D eigenvalue weighted by Crippen LogP contribution is 2.45. The van der Waals surface area contributed by atoms with Crippen LogP contribution in [0, 0.1) is 5.82 Å². The fraction of sp³-hybridized carbons (Fsp3) is 0.464. The van der Waals surface area contributed by atoms with Crippen LogP contribution < -0.4 is 9.47 Å². The van der Waals surface area contributed by atoms with E-state index in [0.717, 1.165) is 22.3 Å². The van der Waals surface area contributed by atoms with Crippen LogP contribution in [0.1, 0.15) is 43.7 Å². The number of carbonyl (C=O) groups is 1. The highest BCUT2D eigenvalue weighted by atomic mass is 19.1. The van der Waals surface area contributed by atoms with E-state index >= 15 is 0 Å². The number of ether oxygens (including phenoxy) is 5. The summed E-state index contributed by atoms with van der Waals surface area (Å²) in [5.41, 5.74) is 3.27. The van der Waals surface area contributed by atoms with Crippen molar-refractivity contribution in [1.29, 1.82) is 0 Å². The Balaban J connectivity index is 2.19. The number of cyclic esters (lactones) is 1. The Bertz CT molecular complexity index is 1030. The summed E-state index contributed by atoms with van der Waals surface area (Å²) in [5.74, 6) is 0.359. The van der Waals surface area contributed by atoms with E-state index in [1.54, 1.807) is 32.4 Å². The van der Waals surface area contributed by atoms with Gasteiger partial charge in [0.1, 0.15) is 25.1 Å². The van der Waals surface area contributed by atoms with E-state index < -0.39 is 18.2 Å². The van der Waals surface area contributed by atoms with E-state index in [9.17, 15) is 14.3 Å². The van der Waals surface area contributed by atoms with Gasteiger partial charge in [0, 0.05) is 26.2 Å². The molecule has 0 aliphatic carbocycles. The molecule has 0 amide bonds. The molecule has 2 aromatic carbocycles. The zero-order chi connectivity index (χ0) is 26.1. The molecule has 1 saturated heterocycles. The molecule has 3 rings (SSSR count). The number of esters is 1. The number of hydrogen-bond donors (Lipinski definition) is 1. The summed E-state index contributed by atoms with van der Waals surface area (Å²) in [4.78, 5) is 11.9. The summed E-state index contributed by atoms with van der Waals surface area (Å²) in [6.45, 7) is 5.50. The van der Waals surface area contributed by atoms with Gasteiger partial charge in [0.05, 0.1) is 25.7 Å². The molecule has 0 radical (unpaired) electrons. The highest BCUT2D eigenvalue weighted by Gasteiger charge is 2.27. The number of halogens is 1. The van der Waals surface area contributed by atoms with Crippen LogP contribution in [0.3, 0.4) is 0 Å². The molecule has 7 nitrogen and oxygen atoms in total. The van der Waals surface area contributed by atoms with Crippen molar-refractivity contribution in [3.8, 4) is 22.6 Å². The molecule has 0 bridgehead atoms. The number of carbonyl (C=O) groups excluding carboxylic acids is 1. The van der Waals surface area contributed by atoms with Crippen molar-refractivity contribution in [1.82, 2.24) is 0 Å². The molecule has 1 fully saturated rings. The maximum absolute atomic E-state index is 13.8. The highest BCUT2D eigenvalue weighted by molar-refractivity contribution is 5.85. The van der Waals surface area contributed by atoms with E-state index in [1.807, 2.05) is 12.1 Å². The van der Waals surface area contributed by atoms with Crippen LogP contribution in [0.4, 0.5) is 4.39 Å². The molecule has 2 atom stereocenters. The Morgan fingerprint density at radius 1 is 1.08 bits per heavy atom. The van der Waals surface area contributed by atoms with Gasteiger partial charge < -0.3 is 28.8 Å². The van der Waals surface area contributed by atoms with Gasteiger partial charge in [0.15, 0.2) is 11.5 Å². The van der Waals surface area contributed by atoms with Crippen LogP contribution >= 0.6 is 0 Å². The molecule has 1 N–H and O–H groups in total. The van der Waals surface area contributed by atoms with Crippen molar-refractivity contribution < 1.29 is 38.0 Å². The number of aliphatic hydroxyl groups is 1. The van der Waals surface area contributed by atoms with E-state index in [2.05, 4.69) is 13.8 Å². The Morgan fingerprint density at radius 2 is 1.75 bits per heavy atom. The summed E-state index contributed by atoms with van der Waals surface area (Å²) >= 11 is 0. The lowest BCUT2D eigenvalue weighted by Gasteiger charge is -2.25. The molecule has 196 valence electrons. The zero-order valence-corrected chi connectivity index (χ0v) is 21.3. The molecule has 0 spiro atoms. The van der Waals surface area contributed by atoms with Gasteiger partial charge in [0.2, 0.25) is 0 Å². The lowest BCUT2D eigenvalue weighted by atomic mass is 9.88. The standard InChI is InChI=1S/C28H35FO7/c1-18(2)24-17-25(34-13-11-32-3)28(35-14-12-33-4)27(19-5-7-20(29)8-6-19)23(24)10-9-22-15-21(30)16-26(31)36-22/h5-10,17-18,21-22,30H,11-16H2,1-4H3/t21-,22-/m0/s1. The van der Waals surface area contributed by atoms with E-state index in [0.29, 0.717) is 37.7 Å². The van der Waals surface area contributed by atoms with Crippen LogP contribution in [-0.4, -0.2) is 63.9 Å². The molecule has 1 aliphatic rings. The van der Waals surface area contributed by atoms with Crippen molar-refractivity contribution in [3.63, 3.8) is 0 Å². The first kappa shape index (κ1) is 27.6. The van der Waals surface area contributed by atoms with Crippen molar-refractivity contribution >= 4 is 12.0 Å². The van der Waals surface area contributed by atoms with E-state index in [1.165, 1.54) is 12.1 Å². The van der Waals surface area contributed by atoms with Gasteiger partial charge in [0.25, 0.3) is 0 Å². The summed E-state index contributed by atoms with van der Waals surface area (Å²) in [6.07, 6.45) is 2.67. The summed E-state index contributed by atoms with van der Waals surface area (Å²) in [6, 6.07) is 8.12. The third-order valence-corrected chi connectivity index (χ3v) is 5.82. The molecule has 0 unspecified atom stereocenters. The lowest BCUT2D eigenvalue weighted by Crippen LogP contribution is -2.31. The lowest BCUT2D eigenvalue weighted by molar-refractivity contribution is -0.156. The SMILES string of the molecule is COCCOc1cc(C(C)C)c(C=C[C@H]2C[C@H](O)CC(=O)O2)c(-c2ccc(F)cc2)c1OCCOC. The van der Waals surface area contributed by atoms with Crippen LogP contribution in [0.15, 0.2) is 36.4 Å². The van der Waals surface area contributed by atoms with Gasteiger partial charge >= 0.3 is 5.97 Å². The fourth-order valence-corrected chi connectivity index (χ4v) is 4.08. The smallest absolute Gasteiger partial charge is 0.309 e. The van der Waals surface area contributed by atoms with Crippen molar-refractivity contribution in [3.05, 3.63) is 53.4 Å². The van der Waals surface area contributed by atoms with E-state index in [4.69, 9.17) is 23.7 Å². The molecular formula is C28H35FO7. The minimum absolute atomic E-state index is 0.00654. The number of aliphatic hydroxyl groups excluding tert-OH is 1. The molecular weight excluding hydrogens is 467 g/mol. The summed E-state index contributed by atoms with van der Waals surface area (Å²) in [7, 11) is 3.20. The number of hydrogen-bond acceptors (Lipinski definition) is 7. The second-order valence-electron chi connectivity index (χ2n) is 8.91. The molecule has 0 aromatic heterocycles. The summed E-state index contributed by atoms with van der Waals surface area (Å²) in [5, 5.41) is 10.0. The topological polar surface area (TPSA) is 83.5 Å². The Morgan fingerprint density at radius 3 is 2.36 bits per heavy atom. The molecule has 2 aromatic rings. The predicted octanol–water partition coefficient (Wildman–Crippen LogP) is 4.75. The van der Waals surface area contributed by atoms with Gasteiger partial charge in [-0.3, -0.25) is 4.79 Å². The first-order valence-corrected chi connectivity index (χ1v) is 12.1. The van der Waals surface area contributed by atoms with Crippen molar-refractivity contribution in [2.45, 2.75) is 44.8 Å². The average Bonchev–Trinajstić information content (AvgIpc) is 2.83. The normalized spacial score (nSPS) is 18.0. The van der Waals surface area contributed by atoms with Gasteiger partial charge in [-0.2, -0.15) is 0 Å². The Hall–Kier alpha value is -2.94. The van der Waals surface area contributed by atoms with Gasteiger partial charge in [-0.1, -0.05) is 32.1 Å². The third-order valence-electron chi connectivity index (χ3n) is 5.82. The minimum Gasteiger partial charge on any atom is -0.487 e. The van der Waals surface area contributed by atoms with Crippen LogP contribution in [0.5, 0.6) is 11.5 Å².